The van der Waals surface area contributed by atoms with Gasteiger partial charge in [0.2, 0.25) is 0 Å². The third kappa shape index (κ3) is 2.22. The fourth-order valence-electron chi connectivity index (χ4n) is 1.69. The molecule has 0 aliphatic carbocycles. The number of rotatable bonds is 2. The lowest BCUT2D eigenvalue weighted by molar-refractivity contribution is 0.0768. The molecule has 1 saturated heterocycles. The van der Waals surface area contributed by atoms with Crippen molar-refractivity contribution in [3.05, 3.63) is 23.8 Å². The molecule has 1 fully saturated rings. The Morgan fingerprint density at radius 2 is 2.40 bits per heavy atom. The Hall–Kier alpha value is -1.26. The molecule has 1 aliphatic heterocycles. The molecule has 15 heavy (non-hydrogen) atoms. The van der Waals surface area contributed by atoms with Gasteiger partial charge in [-0.15, -0.1) is 0 Å². The van der Waals surface area contributed by atoms with Crippen LogP contribution in [0.2, 0.25) is 0 Å². The topological polar surface area (TPSA) is 50.7 Å². The fraction of sp³-hybridized carbons (Fsp3) is 0.455. The number of phenolic OH excluding ortho intramolecular Hbond substituents is 1. The Balaban J connectivity index is 2.20. The zero-order valence-corrected chi connectivity index (χ0v) is 8.69. The standard InChI is InChI=1S/C11H15NO3/c1-14-11-6-8(2-3-10(11)13)9-7-15-5-4-12-9/h2-3,6,9,12-13H,4-5,7H2,1H3/t9-/m1/s1. The molecule has 2 N–H and O–H groups in total. The van der Waals surface area contributed by atoms with Crippen LogP contribution in [-0.4, -0.2) is 32.0 Å². The summed E-state index contributed by atoms with van der Waals surface area (Å²) in [4.78, 5) is 0. The molecular formula is C11H15NO3. The molecular weight excluding hydrogens is 194 g/mol. The van der Waals surface area contributed by atoms with Crippen LogP contribution in [0.4, 0.5) is 0 Å². The van der Waals surface area contributed by atoms with Gasteiger partial charge in [0.15, 0.2) is 11.5 Å². The van der Waals surface area contributed by atoms with Crippen LogP contribution >= 0.6 is 0 Å². The summed E-state index contributed by atoms with van der Waals surface area (Å²) >= 11 is 0. The molecule has 0 unspecified atom stereocenters. The maximum atomic E-state index is 9.46. The van der Waals surface area contributed by atoms with E-state index in [9.17, 15) is 5.11 Å². The smallest absolute Gasteiger partial charge is 0.160 e. The van der Waals surface area contributed by atoms with Gasteiger partial charge in [0.1, 0.15) is 0 Å². The molecule has 0 radical (unpaired) electrons. The highest BCUT2D eigenvalue weighted by Gasteiger charge is 2.16. The summed E-state index contributed by atoms with van der Waals surface area (Å²) in [5, 5.41) is 12.8. The van der Waals surface area contributed by atoms with Crippen molar-refractivity contribution in [1.29, 1.82) is 0 Å². The first-order valence-electron chi connectivity index (χ1n) is 4.99. The minimum atomic E-state index is 0.165. The average Bonchev–Trinajstić information content (AvgIpc) is 2.31. The molecule has 82 valence electrons. The van der Waals surface area contributed by atoms with E-state index >= 15 is 0 Å². The average molecular weight is 209 g/mol. The molecule has 0 saturated carbocycles. The number of phenols is 1. The highest BCUT2D eigenvalue weighted by molar-refractivity contribution is 5.42. The van der Waals surface area contributed by atoms with Crippen molar-refractivity contribution in [2.45, 2.75) is 6.04 Å². The van der Waals surface area contributed by atoms with Gasteiger partial charge in [-0.1, -0.05) is 6.07 Å². The van der Waals surface area contributed by atoms with E-state index in [0.717, 1.165) is 18.7 Å². The van der Waals surface area contributed by atoms with Crippen molar-refractivity contribution < 1.29 is 14.6 Å². The van der Waals surface area contributed by atoms with E-state index in [1.54, 1.807) is 13.2 Å². The Morgan fingerprint density at radius 3 is 3.07 bits per heavy atom. The molecule has 1 aromatic rings. The lowest BCUT2D eigenvalue weighted by Gasteiger charge is -2.24. The maximum Gasteiger partial charge on any atom is 0.160 e. The van der Waals surface area contributed by atoms with Crippen molar-refractivity contribution in [2.24, 2.45) is 0 Å². The minimum absolute atomic E-state index is 0.165. The van der Waals surface area contributed by atoms with E-state index < -0.39 is 0 Å². The van der Waals surface area contributed by atoms with Gasteiger partial charge in [-0.05, 0) is 17.7 Å². The lowest BCUT2D eigenvalue weighted by Crippen LogP contribution is -2.34. The normalized spacial score (nSPS) is 21.3. The van der Waals surface area contributed by atoms with Crippen LogP contribution < -0.4 is 10.1 Å². The van der Waals surface area contributed by atoms with Gasteiger partial charge in [0, 0.05) is 6.54 Å². The van der Waals surface area contributed by atoms with Crippen LogP contribution in [0.5, 0.6) is 11.5 Å². The number of aromatic hydroxyl groups is 1. The van der Waals surface area contributed by atoms with Gasteiger partial charge in [-0.3, -0.25) is 0 Å². The van der Waals surface area contributed by atoms with E-state index in [1.807, 2.05) is 12.1 Å². The number of methoxy groups -OCH3 is 1. The fourth-order valence-corrected chi connectivity index (χ4v) is 1.69. The van der Waals surface area contributed by atoms with Crippen LogP contribution in [0.25, 0.3) is 0 Å². The van der Waals surface area contributed by atoms with Crippen molar-refractivity contribution >= 4 is 0 Å². The molecule has 0 spiro atoms. The number of morpholine rings is 1. The minimum Gasteiger partial charge on any atom is -0.504 e. The van der Waals surface area contributed by atoms with Gasteiger partial charge in [-0.25, -0.2) is 0 Å². The van der Waals surface area contributed by atoms with Crippen molar-refractivity contribution in [1.82, 2.24) is 5.32 Å². The summed E-state index contributed by atoms with van der Waals surface area (Å²) in [5.74, 6) is 0.665. The Labute approximate surface area is 88.8 Å². The first-order chi connectivity index (χ1) is 7.31. The van der Waals surface area contributed by atoms with E-state index in [4.69, 9.17) is 9.47 Å². The Kier molecular flexibility index (Phi) is 3.08. The summed E-state index contributed by atoms with van der Waals surface area (Å²) < 4.78 is 10.4. The summed E-state index contributed by atoms with van der Waals surface area (Å²) in [6.07, 6.45) is 0. The molecule has 1 atom stereocenters. The van der Waals surface area contributed by atoms with Gasteiger partial charge >= 0.3 is 0 Å². The summed E-state index contributed by atoms with van der Waals surface area (Å²) in [5.41, 5.74) is 1.07. The zero-order valence-electron chi connectivity index (χ0n) is 8.69. The molecule has 0 bridgehead atoms. The predicted octanol–water partition coefficient (Wildman–Crippen LogP) is 1.06. The Bertz CT molecular complexity index is 335. The summed E-state index contributed by atoms with van der Waals surface area (Å²) in [7, 11) is 1.55. The first kappa shape index (κ1) is 10.3. The van der Waals surface area contributed by atoms with Gasteiger partial charge in [0.05, 0.1) is 26.4 Å². The van der Waals surface area contributed by atoms with E-state index in [-0.39, 0.29) is 11.8 Å². The SMILES string of the molecule is COc1cc([C@H]2COCCN2)ccc1O. The molecule has 4 heteroatoms. The number of hydrogen-bond acceptors (Lipinski definition) is 4. The molecule has 4 nitrogen and oxygen atoms in total. The van der Waals surface area contributed by atoms with Gasteiger partial charge < -0.3 is 19.9 Å². The maximum absolute atomic E-state index is 9.46. The predicted molar refractivity (Wildman–Crippen MR) is 56.2 cm³/mol. The molecule has 2 rings (SSSR count). The first-order valence-corrected chi connectivity index (χ1v) is 4.99. The van der Waals surface area contributed by atoms with Crippen LogP contribution in [0.3, 0.4) is 0 Å². The summed E-state index contributed by atoms with van der Waals surface area (Å²) in [6.45, 7) is 2.27. The van der Waals surface area contributed by atoms with Crippen LogP contribution in [-0.2, 0) is 4.74 Å². The monoisotopic (exact) mass is 209 g/mol. The third-order valence-electron chi connectivity index (χ3n) is 2.53. The van der Waals surface area contributed by atoms with E-state index in [1.165, 1.54) is 0 Å². The molecule has 0 amide bonds. The number of ether oxygens (including phenoxy) is 2. The molecule has 1 aliphatic rings. The number of nitrogens with one attached hydrogen (secondary N) is 1. The van der Waals surface area contributed by atoms with Crippen LogP contribution in [0, 0.1) is 0 Å². The second-order valence-corrected chi connectivity index (χ2v) is 3.51. The van der Waals surface area contributed by atoms with Gasteiger partial charge in [0.25, 0.3) is 0 Å². The largest absolute Gasteiger partial charge is 0.504 e. The van der Waals surface area contributed by atoms with Crippen molar-refractivity contribution in [3.8, 4) is 11.5 Å². The van der Waals surface area contributed by atoms with Crippen molar-refractivity contribution in [3.63, 3.8) is 0 Å². The lowest BCUT2D eigenvalue weighted by atomic mass is 10.1. The second kappa shape index (κ2) is 4.51. The number of benzene rings is 1. The van der Waals surface area contributed by atoms with E-state index in [2.05, 4.69) is 5.32 Å². The zero-order chi connectivity index (χ0) is 10.7. The van der Waals surface area contributed by atoms with E-state index in [0.29, 0.717) is 12.4 Å². The Morgan fingerprint density at radius 1 is 1.53 bits per heavy atom. The highest BCUT2D eigenvalue weighted by Crippen LogP contribution is 2.29. The highest BCUT2D eigenvalue weighted by atomic mass is 16.5. The second-order valence-electron chi connectivity index (χ2n) is 3.51. The number of hydrogen-bond donors (Lipinski definition) is 2. The summed E-state index contributed by atoms with van der Waals surface area (Å²) in [6, 6.07) is 5.55. The van der Waals surface area contributed by atoms with Gasteiger partial charge in [-0.2, -0.15) is 0 Å². The quantitative estimate of drug-likeness (QED) is 0.764. The van der Waals surface area contributed by atoms with Crippen LogP contribution in [0.15, 0.2) is 18.2 Å². The third-order valence-corrected chi connectivity index (χ3v) is 2.53. The molecule has 1 aromatic carbocycles. The van der Waals surface area contributed by atoms with Crippen LogP contribution in [0.1, 0.15) is 11.6 Å². The molecule has 1 heterocycles. The molecule has 0 aromatic heterocycles. The van der Waals surface area contributed by atoms with Crippen molar-refractivity contribution in [2.75, 3.05) is 26.9 Å².